The third-order valence-electron chi connectivity index (χ3n) is 4.70. The van der Waals surface area contributed by atoms with Gasteiger partial charge < -0.3 is 4.90 Å². The molecular weight excluding hydrogens is 318 g/mol. The third-order valence-corrected chi connectivity index (χ3v) is 4.70. The van der Waals surface area contributed by atoms with Crippen molar-refractivity contribution in [3.8, 4) is 0 Å². The predicted molar refractivity (Wildman–Crippen MR) is 91.8 cm³/mol. The summed E-state index contributed by atoms with van der Waals surface area (Å²) in [5.74, 6) is -0.538. The largest absolute Gasteiger partial charge is 0.347 e. The van der Waals surface area contributed by atoms with Gasteiger partial charge in [0.15, 0.2) is 0 Å². The first-order valence-corrected chi connectivity index (χ1v) is 8.03. The van der Waals surface area contributed by atoms with Gasteiger partial charge in [-0.05, 0) is 23.3 Å². The molecule has 1 fully saturated rings. The lowest BCUT2D eigenvalue weighted by Gasteiger charge is -2.25. The first kappa shape index (κ1) is 15.4. The third kappa shape index (κ3) is 2.07. The SMILES string of the molecule is CN(C)C(=O)C1c2ccccc2C2C(=O)N(c3ccccc3)C(=O)N12. The quantitative estimate of drug-likeness (QED) is 0.792. The van der Waals surface area contributed by atoms with Crippen LogP contribution in [0.5, 0.6) is 0 Å². The average molecular weight is 335 g/mol. The molecule has 2 atom stereocenters. The van der Waals surface area contributed by atoms with E-state index < -0.39 is 18.1 Å². The van der Waals surface area contributed by atoms with Crippen molar-refractivity contribution in [2.45, 2.75) is 12.1 Å². The molecule has 4 rings (SSSR count). The van der Waals surface area contributed by atoms with Crippen LogP contribution >= 0.6 is 0 Å². The number of rotatable bonds is 2. The molecule has 1 saturated heterocycles. The Hall–Kier alpha value is -3.15. The standard InChI is InChI=1S/C19H17N3O3/c1-20(2)17(23)15-13-10-6-7-11-14(13)16-18(24)21(19(25)22(15)16)12-8-4-3-5-9-12/h3-11,15-16H,1-2H3. The van der Waals surface area contributed by atoms with Gasteiger partial charge in [0.05, 0.1) is 5.69 Å². The summed E-state index contributed by atoms with van der Waals surface area (Å²) in [6.07, 6.45) is 0. The number of hydrogen-bond acceptors (Lipinski definition) is 3. The molecule has 2 aliphatic heterocycles. The monoisotopic (exact) mass is 335 g/mol. The Balaban J connectivity index is 1.85. The number of likely N-dealkylation sites (N-methyl/N-ethyl adjacent to an activating group) is 1. The first-order valence-electron chi connectivity index (χ1n) is 8.03. The van der Waals surface area contributed by atoms with Crippen LogP contribution < -0.4 is 4.90 Å². The molecular formula is C19H17N3O3. The highest BCUT2D eigenvalue weighted by Gasteiger charge is 2.57. The van der Waals surface area contributed by atoms with Gasteiger partial charge in [0.25, 0.3) is 5.91 Å². The Kier molecular flexibility index (Phi) is 3.35. The van der Waals surface area contributed by atoms with Crippen LogP contribution in [0.3, 0.4) is 0 Å². The fourth-order valence-corrected chi connectivity index (χ4v) is 3.57. The molecule has 25 heavy (non-hydrogen) atoms. The van der Waals surface area contributed by atoms with Crippen molar-refractivity contribution < 1.29 is 14.4 Å². The molecule has 0 bridgehead atoms. The molecule has 2 unspecified atom stereocenters. The second-order valence-corrected chi connectivity index (χ2v) is 6.37. The number of para-hydroxylation sites is 1. The lowest BCUT2D eigenvalue weighted by Crippen LogP contribution is -2.40. The van der Waals surface area contributed by atoms with E-state index in [1.165, 1.54) is 9.80 Å². The highest BCUT2D eigenvalue weighted by Crippen LogP contribution is 2.48. The smallest absolute Gasteiger partial charge is 0.333 e. The summed E-state index contributed by atoms with van der Waals surface area (Å²) in [4.78, 5) is 42.9. The molecule has 2 heterocycles. The Labute approximate surface area is 145 Å². The van der Waals surface area contributed by atoms with Crippen LogP contribution in [-0.2, 0) is 9.59 Å². The highest BCUT2D eigenvalue weighted by atomic mass is 16.2. The fourth-order valence-electron chi connectivity index (χ4n) is 3.57. The lowest BCUT2D eigenvalue weighted by atomic mass is 10.0. The van der Waals surface area contributed by atoms with Crippen molar-refractivity contribution in [3.63, 3.8) is 0 Å². The van der Waals surface area contributed by atoms with Crippen LogP contribution in [0.4, 0.5) is 10.5 Å². The van der Waals surface area contributed by atoms with Gasteiger partial charge in [-0.15, -0.1) is 0 Å². The highest BCUT2D eigenvalue weighted by molar-refractivity contribution is 6.23. The number of carbonyl (C=O) groups is 3. The van der Waals surface area contributed by atoms with Crippen LogP contribution in [0.2, 0.25) is 0 Å². The predicted octanol–water partition coefficient (Wildman–Crippen LogP) is 2.34. The Morgan fingerprint density at radius 1 is 0.920 bits per heavy atom. The number of carbonyl (C=O) groups excluding carboxylic acids is 3. The molecule has 0 radical (unpaired) electrons. The summed E-state index contributed by atoms with van der Waals surface area (Å²) in [5, 5.41) is 0. The van der Waals surface area contributed by atoms with Gasteiger partial charge in [0.1, 0.15) is 12.1 Å². The van der Waals surface area contributed by atoms with Crippen molar-refractivity contribution in [3.05, 3.63) is 65.7 Å². The Morgan fingerprint density at radius 3 is 2.16 bits per heavy atom. The van der Waals surface area contributed by atoms with Gasteiger partial charge in [-0.2, -0.15) is 0 Å². The van der Waals surface area contributed by atoms with E-state index >= 15 is 0 Å². The zero-order valence-electron chi connectivity index (χ0n) is 13.9. The van der Waals surface area contributed by atoms with Gasteiger partial charge in [-0.3, -0.25) is 14.5 Å². The van der Waals surface area contributed by atoms with Crippen molar-refractivity contribution in [2.24, 2.45) is 0 Å². The molecule has 0 N–H and O–H groups in total. The van der Waals surface area contributed by atoms with E-state index in [4.69, 9.17) is 0 Å². The number of benzene rings is 2. The van der Waals surface area contributed by atoms with Crippen LogP contribution in [0.25, 0.3) is 0 Å². The molecule has 0 spiro atoms. The zero-order valence-corrected chi connectivity index (χ0v) is 13.9. The molecule has 6 heteroatoms. The van der Waals surface area contributed by atoms with E-state index in [0.29, 0.717) is 5.69 Å². The van der Waals surface area contributed by atoms with E-state index in [1.54, 1.807) is 38.4 Å². The number of anilines is 1. The normalized spacial score (nSPS) is 21.4. The molecule has 2 aromatic rings. The maximum absolute atomic E-state index is 13.1. The summed E-state index contributed by atoms with van der Waals surface area (Å²) in [6, 6.07) is 14.1. The molecule has 2 aromatic carbocycles. The molecule has 6 nitrogen and oxygen atoms in total. The van der Waals surface area contributed by atoms with Crippen LogP contribution in [0, 0.1) is 0 Å². The first-order chi connectivity index (χ1) is 12.0. The van der Waals surface area contributed by atoms with Crippen LogP contribution in [0.1, 0.15) is 23.2 Å². The summed E-state index contributed by atoms with van der Waals surface area (Å²) in [5.41, 5.74) is 1.96. The lowest BCUT2D eigenvalue weighted by molar-refractivity contribution is -0.133. The minimum atomic E-state index is -0.777. The minimum absolute atomic E-state index is 0.217. The van der Waals surface area contributed by atoms with Gasteiger partial charge in [0.2, 0.25) is 5.91 Å². The Morgan fingerprint density at radius 2 is 1.52 bits per heavy atom. The number of urea groups is 1. The molecule has 2 aliphatic rings. The molecule has 0 saturated carbocycles. The van der Waals surface area contributed by atoms with E-state index in [-0.39, 0.29) is 11.8 Å². The average Bonchev–Trinajstić information content (AvgIpc) is 3.08. The number of hydrogen-bond donors (Lipinski definition) is 0. The van der Waals surface area contributed by atoms with E-state index in [2.05, 4.69) is 0 Å². The summed E-state index contributed by atoms with van der Waals surface area (Å²) >= 11 is 0. The van der Waals surface area contributed by atoms with Crippen molar-refractivity contribution in [2.75, 3.05) is 19.0 Å². The second kappa shape index (κ2) is 5.44. The van der Waals surface area contributed by atoms with Crippen LogP contribution in [-0.4, -0.2) is 41.7 Å². The molecule has 0 aliphatic carbocycles. The minimum Gasteiger partial charge on any atom is -0.347 e. The van der Waals surface area contributed by atoms with Crippen LogP contribution in [0.15, 0.2) is 54.6 Å². The topological polar surface area (TPSA) is 60.9 Å². The van der Waals surface area contributed by atoms with E-state index in [0.717, 1.165) is 16.0 Å². The zero-order chi connectivity index (χ0) is 17.7. The van der Waals surface area contributed by atoms with E-state index in [1.807, 2.05) is 30.3 Å². The van der Waals surface area contributed by atoms with Gasteiger partial charge in [-0.1, -0.05) is 42.5 Å². The molecule has 0 aromatic heterocycles. The second-order valence-electron chi connectivity index (χ2n) is 6.37. The van der Waals surface area contributed by atoms with E-state index in [9.17, 15) is 14.4 Å². The molecule has 4 amide bonds. The van der Waals surface area contributed by atoms with Gasteiger partial charge in [0, 0.05) is 14.1 Å². The number of imide groups is 1. The number of fused-ring (bicyclic) bond motifs is 3. The van der Waals surface area contributed by atoms with Crippen molar-refractivity contribution in [1.29, 1.82) is 0 Å². The van der Waals surface area contributed by atoms with Crippen molar-refractivity contribution >= 4 is 23.5 Å². The Bertz CT molecular complexity index is 878. The number of nitrogens with zero attached hydrogens (tertiary/aromatic N) is 3. The van der Waals surface area contributed by atoms with Gasteiger partial charge in [-0.25, -0.2) is 9.69 Å². The molecule has 126 valence electrons. The maximum Gasteiger partial charge on any atom is 0.333 e. The van der Waals surface area contributed by atoms with Gasteiger partial charge >= 0.3 is 6.03 Å². The van der Waals surface area contributed by atoms with Crippen molar-refractivity contribution in [1.82, 2.24) is 9.80 Å². The summed E-state index contributed by atoms with van der Waals surface area (Å²) in [7, 11) is 3.30. The fraction of sp³-hybridized carbons (Fsp3) is 0.211. The summed E-state index contributed by atoms with van der Waals surface area (Å²) in [6.45, 7) is 0. The number of amides is 4. The maximum atomic E-state index is 13.1. The summed E-state index contributed by atoms with van der Waals surface area (Å²) < 4.78 is 0.